The Bertz CT molecular complexity index is 229. The Morgan fingerprint density at radius 3 is 2.89 bits per heavy atom. The number of ether oxygens (including phenoxy) is 1. The van der Waals surface area contributed by atoms with Gasteiger partial charge in [0, 0.05) is 33.6 Å². The van der Waals surface area contributed by atoms with Crippen molar-refractivity contribution in [3.8, 4) is 0 Å². The lowest BCUT2D eigenvalue weighted by atomic mass is 10.2. The molecule has 0 aromatic carbocycles. The molecule has 1 fully saturated rings. The minimum Gasteiger partial charge on any atom is -0.376 e. The molecule has 1 aliphatic heterocycles. The van der Waals surface area contributed by atoms with Gasteiger partial charge in [0.2, 0.25) is 0 Å². The summed E-state index contributed by atoms with van der Waals surface area (Å²) in [5, 5.41) is 3.47. The van der Waals surface area contributed by atoms with Gasteiger partial charge in [-0.05, 0) is 33.0 Å². The Labute approximate surface area is 121 Å². The van der Waals surface area contributed by atoms with Crippen molar-refractivity contribution in [2.45, 2.75) is 45.8 Å². The molecule has 0 aromatic rings. The van der Waals surface area contributed by atoms with Gasteiger partial charge >= 0.3 is 0 Å². The van der Waals surface area contributed by atoms with E-state index in [1.165, 1.54) is 26.1 Å². The van der Waals surface area contributed by atoms with Gasteiger partial charge in [-0.3, -0.25) is 4.90 Å². The van der Waals surface area contributed by atoms with E-state index in [1.54, 1.807) is 0 Å². The minimum atomic E-state index is 0. The van der Waals surface area contributed by atoms with Crippen molar-refractivity contribution >= 4 is 0 Å². The second-order valence-corrected chi connectivity index (χ2v) is 5.99. The number of nitrogens with zero attached hydrogens (tertiary/aromatic N) is 2. The molecular weight excluding hydrogens is 238 g/mol. The lowest BCUT2D eigenvalue weighted by molar-refractivity contribution is -0.0332. The molecule has 1 saturated heterocycles. The van der Waals surface area contributed by atoms with Gasteiger partial charge in [0.05, 0.1) is 12.7 Å². The van der Waals surface area contributed by atoms with Crippen LogP contribution < -0.4 is 5.32 Å². The normalized spacial score (nSPS) is 21.5. The molecule has 0 bridgehead atoms. The van der Waals surface area contributed by atoms with Crippen LogP contribution in [0, 0.1) is 0 Å². The molecule has 0 amide bonds. The fraction of sp³-hybridized carbons (Fsp3) is 1.00. The quantitative estimate of drug-likeness (QED) is 0.691. The van der Waals surface area contributed by atoms with Crippen LogP contribution in [-0.2, 0) is 4.74 Å². The summed E-state index contributed by atoms with van der Waals surface area (Å²) in [6.45, 7) is 14.3. The molecule has 1 aliphatic rings. The van der Waals surface area contributed by atoms with Crippen LogP contribution in [0.2, 0.25) is 0 Å². The molecule has 0 aliphatic carbocycles. The van der Waals surface area contributed by atoms with E-state index in [2.05, 4.69) is 42.9 Å². The zero-order valence-electron chi connectivity index (χ0n) is 13.3. The van der Waals surface area contributed by atoms with E-state index in [9.17, 15) is 0 Å². The lowest BCUT2D eigenvalue weighted by Crippen LogP contribution is -2.46. The summed E-state index contributed by atoms with van der Waals surface area (Å²) in [6.07, 6.45) is 2.78. The maximum absolute atomic E-state index is 5.85. The summed E-state index contributed by atoms with van der Waals surface area (Å²) >= 11 is 0. The highest BCUT2D eigenvalue weighted by molar-refractivity contribution is 4.73. The Morgan fingerprint density at radius 2 is 2.21 bits per heavy atom. The zero-order chi connectivity index (χ0) is 14.1. The Hall–Kier alpha value is -0.160. The highest BCUT2D eigenvalue weighted by Gasteiger charge is 2.20. The Morgan fingerprint density at radius 1 is 1.42 bits per heavy atom. The van der Waals surface area contributed by atoms with Crippen molar-refractivity contribution in [2.24, 2.45) is 0 Å². The maximum atomic E-state index is 5.85. The van der Waals surface area contributed by atoms with Gasteiger partial charge in [0.1, 0.15) is 0 Å². The number of rotatable bonds is 9. The molecule has 0 spiro atoms. The number of likely N-dealkylation sites (N-methyl/N-ethyl adjacent to an activating group) is 1. The summed E-state index contributed by atoms with van der Waals surface area (Å²) in [7, 11) is 2.22. The number of morpholine rings is 1. The third-order valence-electron chi connectivity index (χ3n) is 3.65. The van der Waals surface area contributed by atoms with Crippen LogP contribution in [0.15, 0.2) is 0 Å². The first-order valence-corrected chi connectivity index (χ1v) is 7.87. The predicted octanol–water partition coefficient (Wildman–Crippen LogP) is 1.66. The van der Waals surface area contributed by atoms with E-state index < -0.39 is 0 Å². The Kier molecular flexibility index (Phi) is 8.62. The van der Waals surface area contributed by atoms with Crippen molar-refractivity contribution in [2.75, 3.05) is 52.9 Å². The monoisotopic (exact) mass is 273 g/mol. The smallest absolute Gasteiger partial charge is 0.0714 e. The zero-order valence-corrected chi connectivity index (χ0v) is 13.3. The molecule has 19 heavy (non-hydrogen) atoms. The molecule has 0 aromatic heterocycles. The molecule has 4 heteroatoms. The van der Waals surface area contributed by atoms with E-state index in [0.29, 0.717) is 12.1 Å². The van der Waals surface area contributed by atoms with E-state index >= 15 is 0 Å². The van der Waals surface area contributed by atoms with Gasteiger partial charge in [-0.2, -0.15) is 0 Å². The van der Waals surface area contributed by atoms with Gasteiger partial charge in [0.25, 0.3) is 0 Å². The van der Waals surface area contributed by atoms with Crippen LogP contribution in [0.1, 0.15) is 35.0 Å². The third kappa shape index (κ3) is 7.88. The molecule has 1 atom stereocenters. The SMILES string of the molecule is CCCN(C)CCN1CCO[C@@H](CCNC(C)C)C1.[HH]. The summed E-state index contributed by atoms with van der Waals surface area (Å²) in [5.74, 6) is 0. The van der Waals surface area contributed by atoms with Gasteiger partial charge in [-0.25, -0.2) is 0 Å². The van der Waals surface area contributed by atoms with Crippen LogP contribution in [0.4, 0.5) is 0 Å². The number of hydrogen-bond acceptors (Lipinski definition) is 4. The van der Waals surface area contributed by atoms with Crippen molar-refractivity contribution < 1.29 is 6.16 Å². The Balaban J connectivity index is 0.00000361. The highest BCUT2D eigenvalue weighted by atomic mass is 16.5. The molecule has 0 saturated carbocycles. The molecule has 0 unspecified atom stereocenters. The number of nitrogens with one attached hydrogen (secondary N) is 1. The average Bonchev–Trinajstić information content (AvgIpc) is 2.37. The topological polar surface area (TPSA) is 27.7 Å². The standard InChI is InChI=1S/C15H33N3O.H2/c1-5-8-17(4)9-10-18-11-12-19-15(13-18)6-7-16-14(2)3;/h14-16H,5-13H2,1-4H3;1H/t15-;/m0./s1. The molecular formula is C15H35N3O. The van der Waals surface area contributed by atoms with Crippen LogP contribution in [0.5, 0.6) is 0 Å². The molecule has 1 heterocycles. The molecule has 4 nitrogen and oxygen atoms in total. The summed E-state index contributed by atoms with van der Waals surface area (Å²) in [6, 6.07) is 0.572. The number of hydrogen-bond donors (Lipinski definition) is 1. The molecule has 1 rings (SSSR count). The third-order valence-corrected chi connectivity index (χ3v) is 3.65. The first-order valence-electron chi connectivity index (χ1n) is 7.87. The second-order valence-electron chi connectivity index (χ2n) is 5.99. The maximum Gasteiger partial charge on any atom is 0.0714 e. The molecule has 116 valence electrons. The largest absolute Gasteiger partial charge is 0.376 e. The van der Waals surface area contributed by atoms with E-state index in [-0.39, 0.29) is 1.43 Å². The van der Waals surface area contributed by atoms with Crippen LogP contribution in [0.3, 0.4) is 0 Å². The minimum absolute atomic E-state index is 0. The fourth-order valence-corrected chi connectivity index (χ4v) is 2.50. The lowest BCUT2D eigenvalue weighted by Gasteiger charge is -2.34. The van der Waals surface area contributed by atoms with Crippen molar-refractivity contribution in [1.29, 1.82) is 0 Å². The van der Waals surface area contributed by atoms with Gasteiger partial charge in [-0.1, -0.05) is 20.8 Å². The van der Waals surface area contributed by atoms with Crippen LogP contribution >= 0.6 is 0 Å². The molecule has 0 radical (unpaired) electrons. The van der Waals surface area contributed by atoms with Gasteiger partial charge < -0.3 is 15.0 Å². The van der Waals surface area contributed by atoms with Crippen molar-refractivity contribution in [3.63, 3.8) is 0 Å². The first-order chi connectivity index (χ1) is 9.11. The summed E-state index contributed by atoms with van der Waals surface area (Å²) in [5.41, 5.74) is 0. The van der Waals surface area contributed by atoms with Crippen molar-refractivity contribution in [3.05, 3.63) is 0 Å². The summed E-state index contributed by atoms with van der Waals surface area (Å²) < 4.78 is 5.85. The fourth-order valence-electron chi connectivity index (χ4n) is 2.50. The predicted molar refractivity (Wildman–Crippen MR) is 83.8 cm³/mol. The first kappa shape index (κ1) is 16.9. The van der Waals surface area contributed by atoms with Crippen LogP contribution in [-0.4, -0.2) is 74.9 Å². The van der Waals surface area contributed by atoms with E-state index in [1.807, 2.05) is 0 Å². The highest BCUT2D eigenvalue weighted by Crippen LogP contribution is 2.08. The van der Waals surface area contributed by atoms with Crippen molar-refractivity contribution in [1.82, 2.24) is 15.1 Å². The van der Waals surface area contributed by atoms with E-state index in [4.69, 9.17) is 4.74 Å². The van der Waals surface area contributed by atoms with Gasteiger partial charge in [0.15, 0.2) is 0 Å². The summed E-state index contributed by atoms with van der Waals surface area (Å²) in [4.78, 5) is 4.97. The van der Waals surface area contributed by atoms with E-state index in [0.717, 1.165) is 32.7 Å². The second kappa shape index (κ2) is 9.70. The van der Waals surface area contributed by atoms with Crippen LogP contribution in [0.25, 0.3) is 0 Å². The average molecular weight is 273 g/mol. The van der Waals surface area contributed by atoms with Gasteiger partial charge in [-0.15, -0.1) is 0 Å². The molecule has 1 N–H and O–H groups in total.